The third-order valence-corrected chi connectivity index (χ3v) is 1.67. The molecule has 0 spiro atoms. The van der Waals surface area contributed by atoms with E-state index in [1.165, 1.54) is 0 Å². The van der Waals surface area contributed by atoms with Crippen molar-refractivity contribution >= 4 is 11.6 Å². The highest BCUT2D eigenvalue weighted by Gasteiger charge is 2.11. The maximum atomic E-state index is 9.28. The first-order chi connectivity index (χ1) is 5.72. The van der Waals surface area contributed by atoms with Crippen molar-refractivity contribution in [2.45, 2.75) is 38.4 Å². The number of hydrogen-bond donors (Lipinski definition) is 2. The van der Waals surface area contributed by atoms with Crippen LogP contribution in [0.5, 0.6) is 0 Å². The van der Waals surface area contributed by atoms with Crippen molar-refractivity contribution in [3.63, 3.8) is 0 Å². The zero-order chi connectivity index (χ0) is 9.40. The van der Waals surface area contributed by atoms with E-state index in [1.807, 2.05) is 6.92 Å². The van der Waals surface area contributed by atoms with Gasteiger partial charge in [0.05, 0.1) is 12.0 Å². The lowest BCUT2D eigenvalue weighted by molar-refractivity contribution is 0.0472. The highest BCUT2D eigenvalue weighted by molar-refractivity contribution is 6.19. The monoisotopic (exact) mass is 190 g/mol. The van der Waals surface area contributed by atoms with Crippen molar-refractivity contribution in [2.75, 3.05) is 5.88 Å². The molecule has 0 amide bonds. The molecule has 70 valence electrons. The van der Waals surface area contributed by atoms with Crippen LogP contribution in [0.2, 0.25) is 0 Å². The van der Waals surface area contributed by atoms with Gasteiger partial charge in [0.2, 0.25) is 0 Å². The fourth-order valence-corrected chi connectivity index (χ4v) is 0.888. The van der Waals surface area contributed by atoms with Crippen molar-refractivity contribution in [1.82, 2.24) is 0 Å². The van der Waals surface area contributed by atoms with E-state index in [2.05, 4.69) is 11.8 Å². The van der Waals surface area contributed by atoms with Crippen LogP contribution in [-0.2, 0) is 0 Å². The molecule has 0 saturated carbocycles. The molecule has 0 aromatic heterocycles. The summed E-state index contributed by atoms with van der Waals surface area (Å²) in [7, 11) is 0. The van der Waals surface area contributed by atoms with Crippen molar-refractivity contribution < 1.29 is 10.2 Å². The Hall–Kier alpha value is -0.230. The molecule has 0 rings (SSSR count). The second kappa shape index (κ2) is 7.42. The summed E-state index contributed by atoms with van der Waals surface area (Å²) >= 11 is 5.29. The SMILES string of the molecule is CCCC[C@H](O)[C@@H](O)C#CCCl. The van der Waals surface area contributed by atoms with E-state index in [4.69, 9.17) is 11.6 Å². The minimum Gasteiger partial charge on any atom is -0.389 e. The van der Waals surface area contributed by atoms with Crippen LogP contribution >= 0.6 is 11.6 Å². The first-order valence-electron chi connectivity index (χ1n) is 4.12. The fourth-order valence-electron chi connectivity index (χ4n) is 0.810. The molecule has 2 nitrogen and oxygen atoms in total. The van der Waals surface area contributed by atoms with Crippen LogP contribution < -0.4 is 0 Å². The van der Waals surface area contributed by atoms with Gasteiger partial charge in [-0.3, -0.25) is 0 Å². The molecule has 3 heteroatoms. The number of aliphatic hydroxyl groups is 2. The molecule has 0 radical (unpaired) electrons. The largest absolute Gasteiger partial charge is 0.389 e. The van der Waals surface area contributed by atoms with Crippen molar-refractivity contribution in [1.29, 1.82) is 0 Å². The zero-order valence-electron chi connectivity index (χ0n) is 7.26. The number of rotatable bonds is 4. The first kappa shape index (κ1) is 11.8. The Kier molecular flexibility index (Phi) is 7.28. The Morgan fingerprint density at radius 3 is 2.58 bits per heavy atom. The Morgan fingerprint density at radius 2 is 2.08 bits per heavy atom. The van der Waals surface area contributed by atoms with Gasteiger partial charge < -0.3 is 10.2 Å². The van der Waals surface area contributed by atoms with Gasteiger partial charge in [-0.2, -0.15) is 0 Å². The van der Waals surface area contributed by atoms with Gasteiger partial charge in [0.15, 0.2) is 0 Å². The molecule has 0 unspecified atom stereocenters. The van der Waals surface area contributed by atoms with Crippen molar-refractivity contribution in [2.24, 2.45) is 0 Å². The lowest BCUT2D eigenvalue weighted by Gasteiger charge is -2.11. The summed E-state index contributed by atoms with van der Waals surface area (Å²) in [4.78, 5) is 0. The maximum Gasteiger partial charge on any atom is 0.140 e. The van der Waals surface area contributed by atoms with E-state index in [-0.39, 0.29) is 5.88 Å². The van der Waals surface area contributed by atoms with E-state index < -0.39 is 12.2 Å². The zero-order valence-corrected chi connectivity index (χ0v) is 8.01. The van der Waals surface area contributed by atoms with Crippen LogP contribution in [0.4, 0.5) is 0 Å². The molecule has 0 saturated heterocycles. The Morgan fingerprint density at radius 1 is 1.42 bits per heavy atom. The Balaban J connectivity index is 3.68. The fraction of sp³-hybridized carbons (Fsp3) is 0.778. The maximum absolute atomic E-state index is 9.28. The minimum atomic E-state index is -0.949. The van der Waals surface area contributed by atoms with Crippen molar-refractivity contribution in [3.8, 4) is 11.8 Å². The number of aliphatic hydroxyl groups excluding tert-OH is 2. The molecule has 2 N–H and O–H groups in total. The normalized spacial score (nSPS) is 14.7. The van der Waals surface area contributed by atoms with Gasteiger partial charge >= 0.3 is 0 Å². The van der Waals surface area contributed by atoms with Crippen LogP contribution in [0, 0.1) is 11.8 Å². The summed E-state index contributed by atoms with van der Waals surface area (Å²) in [5.74, 6) is 5.17. The van der Waals surface area contributed by atoms with Gasteiger partial charge in [-0.05, 0) is 6.42 Å². The smallest absolute Gasteiger partial charge is 0.140 e. The minimum absolute atomic E-state index is 0.192. The molecule has 0 aliphatic heterocycles. The molecular weight excluding hydrogens is 176 g/mol. The highest BCUT2D eigenvalue weighted by atomic mass is 35.5. The molecular formula is C9H15ClO2. The van der Waals surface area contributed by atoms with Crippen LogP contribution in [-0.4, -0.2) is 28.3 Å². The van der Waals surface area contributed by atoms with E-state index in [0.29, 0.717) is 6.42 Å². The third-order valence-electron chi connectivity index (χ3n) is 1.53. The average Bonchev–Trinajstić information content (AvgIpc) is 2.10. The van der Waals surface area contributed by atoms with E-state index in [0.717, 1.165) is 12.8 Å². The lowest BCUT2D eigenvalue weighted by atomic mass is 10.1. The molecule has 0 aliphatic rings. The molecule has 0 heterocycles. The van der Waals surface area contributed by atoms with Gasteiger partial charge in [0.1, 0.15) is 6.10 Å². The van der Waals surface area contributed by atoms with Crippen LogP contribution in [0.3, 0.4) is 0 Å². The standard InChI is InChI=1S/C9H15ClO2/c1-2-3-5-8(11)9(12)6-4-7-10/h8-9,11-12H,2-3,5,7H2,1H3/t8-,9-/m0/s1. The van der Waals surface area contributed by atoms with E-state index in [1.54, 1.807) is 0 Å². The molecule has 0 bridgehead atoms. The summed E-state index contributed by atoms with van der Waals surface area (Å²) < 4.78 is 0. The van der Waals surface area contributed by atoms with Gasteiger partial charge in [-0.15, -0.1) is 11.6 Å². The summed E-state index contributed by atoms with van der Waals surface area (Å²) in [5.41, 5.74) is 0. The van der Waals surface area contributed by atoms with Crippen molar-refractivity contribution in [3.05, 3.63) is 0 Å². The van der Waals surface area contributed by atoms with Crippen LogP contribution in [0.25, 0.3) is 0 Å². The van der Waals surface area contributed by atoms with Gasteiger partial charge in [0, 0.05) is 0 Å². The molecule has 0 aliphatic carbocycles. The Bertz CT molecular complexity index is 160. The Labute approximate surface area is 78.5 Å². The summed E-state index contributed by atoms with van der Waals surface area (Å²) in [5, 5.41) is 18.5. The first-order valence-corrected chi connectivity index (χ1v) is 4.66. The highest BCUT2D eigenvalue weighted by Crippen LogP contribution is 2.03. The molecule has 0 aromatic rings. The molecule has 2 atom stereocenters. The number of unbranched alkanes of at least 4 members (excludes halogenated alkanes) is 1. The van der Waals surface area contributed by atoms with Gasteiger partial charge in [0.25, 0.3) is 0 Å². The van der Waals surface area contributed by atoms with Gasteiger partial charge in [-0.1, -0.05) is 31.6 Å². The topological polar surface area (TPSA) is 40.5 Å². The number of halogens is 1. The summed E-state index contributed by atoms with van der Waals surface area (Å²) in [6.07, 6.45) is 0.818. The lowest BCUT2D eigenvalue weighted by Crippen LogP contribution is -2.23. The molecule has 0 aromatic carbocycles. The second-order valence-electron chi connectivity index (χ2n) is 2.61. The predicted octanol–water partition coefficient (Wildman–Crippen LogP) is 1.14. The predicted molar refractivity (Wildman–Crippen MR) is 50.0 cm³/mol. The third kappa shape index (κ3) is 5.42. The molecule has 0 fully saturated rings. The molecule has 12 heavy (non-hydrogen) atoms. The number of hydrogen-bond acceptors (Lipinski definition) is 2. The van der Waals surface area contributed by atoms with Crippen LogP contribution in [0.15, 0.2) is 0 Å². The van der Waals surface area contributed by atoms with Crippen LogP contribution in [0.1, 0.15) is 26.2 Å². The van der Waals surface area contributed by atoms with E-state index >= 15 is 0 Å². The quantitative estimate of drug-likeness (QED) is 0.516. The van der Waals surface area contributed by atoms with E-state index in [9.17, 15) is 10.2 Å². The average molecular weight is 191 g/mol. The van der Waals surface area contributed by atoms with Gasteiger partial charge in [-0.25, -0.2) is 0 Å². The summed E-state index contributed by atoms with van der Waals surface area (Å²) in [6, 6.07) is 0. The summed E-state index contributed by atoms with van der Waals surface area (Å²) in [6.45, 7) is 2.03. The number of alkyl halides is 1. The second-order valence-corrected chi connectivity index (χ2v) is 2.88.